The standard InChI is InChI=1S/C9H11NO3/c1-6(11)9(13)10-7-3-2-4-8(12)5-7/h2-6,11-12H,1H3,(H,10,13)/t6-/m1/s1. The van der Waals surface area contributed by atoms with Gasteiger partial charge in [-0.25, -0.2) is 0 Å². The minimum atomic E-state index is -1.05. The first kappa shape index (κ1) is 9.54. The smallest absolute Gasteiger partial charge is 0.252 e. The summed E-state index contributed by atoms with van der Waals surface area (Å²) in [5.74, 6) is -0.422. The molecule has 0 spiro atoms. The van der Waals surface area contributed by atoms with Crippen molar-refractivity contribution in [2.75, 3.05) is 5.32 Å². The summed E-state index contributed by atoms with van der Waals surface area (Å²) in [7, 11) is 0. The number of aromatic hydroxyl groups is 1. The quantitative estimate of drug-likeness (QED) is 0.629. The molecule has 0 saturated carbocycles. The van der Waals surface area contributed by atoms with Gasteiger partial charge in [0.15, 0.2) is 0 Å². The van der Waals surface area contributed by atoms with E-state index in [4.69, 9.17) is 10.2 Å². The second-order valence-electron chi connectivity index (χ2n) is 2.72. The van der Waals surface area contributed by atoms with Gasteiger partial charge < -0.3 is 15.5 Å². The Morgan fingerprint density at radius 1 is 1.54 bits per heavy atom. The number of anilines is 1. The zero-order chi connectivity index (χ0) is 9.84. The fourth-order valence-electron chi connectivity index (χ4n) is 0.830. The van der Waals surface area contributed by atoms with Crippen LogP contribution in [0.3, 0.4) is 0 Å². The van der Waals surface area contributed by atoms with E-state index in [-0.39, 0.29) is 5.75 Å². The van der Waals surface area contributed by atoms with E-state index in [0.29, 0.717) is 5.69 Å². The molecule has 1 atom stereocenters. The minimum Gasteiger partial charge on any atom is -0.508 e. The summed E-state index contributed by atoms with van der Waals surface area (Å²) in [6, 6.07) is 6.13. The van der Waals surface area contributed by atoms with Crippen LogP contribution < -0.4 is 5.32 Å². The number of phenols is 1. The zero-order valence-electron chi connectivity index (χ0n) is 7.19. The lowest BCUT2D eigenvalue weighted by molar-refractivity contribution is -0.123. The van der Waals surface area contributed by atoms with Crippen molar-refractivity contribution >= 4 is 11.6 Å². The SMILES string of the molecule is C[C@@H](O)C(=O)Nc1cccc(O)c1. The molecule has 1 aromatic carbocycles. The van der Waals surface area contributed by atoms with Crippen LogP contribution in [0.4, 0.5) is 5.69 Å². The molecule has 0 fully saturated rings. The number of amides is 1. The molecule has 1 aromatic rings. The van der Waals surface area contributed by atoms with Crippen LogP contribution in [0.5, 0.6) is 5.75 Å². The van der Waals surface area contributed by atoms with Crippen molar-refractivity contribution < 1.29 is 15.0 Å². The van der Waals surface area contributed by atoms with Crippen LogP contribution in [0, 0.1) is 0 Å². The molecule has 13 heavy (non-hydrogen) atoms. The maximum Gasteiger partial charge on any atom is 0.252 e. The van der Waals surface area contributed by atoms with E-state index in [1.54, 1.807) is 12.1 Å². The number of aliphatic hydroxyl groups is 1. The second-order valence-corrected chi connectivity index (χ2v) is 2.72. The van der Waals surface area contributed by atoms with Gasteiger partial charge in [0.1, 0.15) is 11.9 Å². The first-order valence-electron chi connectivity index (χ1n) is 3.87. The molecule has 1 amide bonds. The Balaban J connectivity index is 2.69. The summed E-state index contributed by atoms with van der Waals surface area (Å²) in [5.41, 5.74) is 0.464. The number of aliphatic hydroxyl groups excluding tert-OH is 1. The van der Waals surface area contributed by atoms with Crippen LogP contribution in [0.15, 0.2) is 24.3 Å². The lowest BCUT2D eigenvalue weighted by Gasteiger charge is -2.06. The number of hydrogen-bond acceptors (Lipinski definition) is 3. The number of benzene rings is 1. The average Bonchev–Trinajstić information content (AvgIpc) is 2.04. The molecule has 70 valence electrons. The Bertz CT molecular complexity index is 309. The minimum absolute atomic E-state index is 0.0726. The van der Waals surface area contributed by atoms with Crippen molar-refractivity contribution in [2.24, 2.45) is 0 Å². The van der Waals surface area contributed by atoms with Crippen LogP contribution in [-0.2, 0) is 4.79 Å². The molecule has 4 heteroatoms. The average molecular weight is 181 g/mol. The third-order valence-electron chi connectivity index (χ3n) is 1.49. The van der Waals surface area contributed by atoms with Crippen LogP contribution in [0.25, 0.3) is 0 Å². The van der Waals surface area contributed by atoms with E-state index in [2.05, 4.69) is 5.32 Å². The largest absolute Gasteiger partial charge is 0.508 e. The monoisotopic (exact) mass is 181 g/mol. The van der Waals surface area contributed by atoms with Crippen molar-refractivity contribution in [1.29, 1.82) is 0 Å². The van der Waals surface area contributed by atoms with Crippen molar-refractivity contribution in [2.45, 2.75) is 13.0 Å². The summed E-state index contributed by atoms with van der Waals surface area (Å²) >= 11 is 0. The molecule has 1 rings (SSSR count). The van der Waals surface area contributed by atoms with Crippen molar-refractivity contribution in [3.8, 4) is 5.75 Å². The van der Waals surface area contributed by atoms with E-state index < -0.39 is 12.0 Å². The number of rotatable bonds is 2. The highest BCUT2D eigenvalue weighted by molar-refractivity contribution is 5.93. The summed E-state index contributed by atoms with van der Waals surface area (Å²) in [5, 5.41) is 20.4. The Morgan fingerprint density at radius 2 is 2.23 bits per heavy atom. The van der Waals surface area contributed by atoms with Gasteiger partial charge in [-0.15, -0.1) is 0 Å². The van der Waals surface area contributed by atoms with Gasteiger partial charge in [0.2, 0.25) is 0 Å². The molecule has 0 heterocycles. The van der Waals surface area contributed by atoms with E-state index in [0.717, 1.165) is 0 Å². The predicted octanol–water partition coefficient (Wildman–Crippen LogP) is 0.711. The molecule has 3 N–H and O–H groups in total. The Labute approximate surface area is 75.8 Å². The number of carbonyl (C=O) groups is 1. The van der Waals surface area contributed by atoms with Crippen molar-refractivity contribution in [1.82, 2.24) is 0 Å². The Morgan fingerprint density at radius 3 is 2.77 bits per heavy atom. The summed E-state index contributed by atoms with van der Waals surface area (Å²) in [6.45, 7) is 1.37. The van der Waals surface area contributed by atoms with E-state index in [1.165, 1.54) is 19.1 Å². The van der Waals surface area contributed by atoms with Gasteiger partial charge in [0.05, 0.1) is 0 Å². The third-order valence-corrected chi connectivity index (χ3v) is 1.49. The zero-order valence-corrected chi connectivity index (χ0v) is 7.19. The second kappa shape index (κ2) is 3.91. The molecule has 0 aliphatic heterocycles. The highest BCUT2D eigenvalue weighted by Crippen LogP contribution is 2.15. The molecule has 0 unspecified atom stereocenters. The van der Waals surface area contributed by atoms with Crippen LogP contribution >= 0.6 is 0 Å². The predicted molar refractivity (Wildman–Crippen MR) is 48.4 cm³/mol. The molecular weight excluding hydrogens is 170 g/mol. The molecule has 0 aliphatic rings. The fourth-order valence-corrected chi connectivity index (χ4v) is 0.830. The molecule has 0 aromatic heterocycles. The van der Waals surface area contributed by atoms with Gasteiger partial charge in [-0.1, -0.05) is 6.07 Å². The molecule has 0 aliphatic carbocycles. The van der Waals surface area contributed by atoms with Gasteiger partial charge in [-0.3, -0.25) is 4.79 Å². The normalized spacial score (nSPS) is 12.2. The molecule has 0 radical (unpaired) electrons. The van der Waals surface area contributed by atoms with E-state index in [9.17, 15) is 4.79 Å². The van der Waals surface area contributed by atoms with Crippen LogP contribution in [0.2, 0.25) is 0 Å². The summed E-state index contributed by atoms with van der Waals surface area (Å²) in [6.07, 6.45) is -1.05. The fraction of sp³-hybridized carbons (Fsp3) is 0.222. The van der Waals surface area contributed by atoms with Gasteiger partial charge in [0.25, 0.3) is 5.91 Å². The highest BCUT2D eigenvalue weighted by Gasteiger charge is 2.08. The number of phenolic OH excluding ortho intramolecular Hbond substituents is 1. The van der Waals surface area contributed by atoms with Gasteiger partial charge in [0, 0.05) is 11.8 Å². The maximum absolute atomic E-state index is 11.0. The first-order valence-corrected chi connectivity index (χ1v) is 3.87. The molecule has 0 saturated heterocycles. The number of nitrogens with one attached hydrogen (secondary N) is 1. The molecule has 0 bridgehead atoms. The summed E-state index contributed by atoms with van der Waals surface area (Å²) in [4.78, 5) is 11.0. The van der Waals surface area contributed by atoms with Crippen LogP contribution in [0.1, 0.15) is 6.92 Å². The van der Waals surface area contributed by atoms with E-state index >= 15 is 0 Å². The van der Waals surface area contributed by atoms with Crippen molar-refractivity contribution in [3.05, 3.63) is 24.3 Å². The van der Waals surface area contributed by atoms with Crippen LogP contribution in [-0.4, -0.2) is 22.2 Å². The third kappa shape index (κ3) is 2.76. The number of hydrogen-bond donors (Lipinski definition) is 3. The van der Waals surface area contributed by atoms with Gasteiger partial charge in [-0.2, -0.15) is 0 Å². The van der Waals surface area contributed by atoms with Crippen molar-refractivity contribution in [3.63, 3.8) is 0 Å². The van der Waals surface area contributed by atoms with Gasteiger partial charge >= 0.3 is 0 Å². The van der Waals surface area contributed by atoms with Gasteiger partial charge in [-0.05, 0) is 19.1 Å². The lowest BCUT2D eigenvalue weighted by atomic mass is 10.3. The van der Waals surface area contributed by atoms with E-state index in [1.807, 2.05) is 0 Å². The first-order chi connectivity index (χ1) is 6.09. The maximum atomic E-state index is 11.0. The lowest BCUT2D eigenvalue weighted by Crippen LogP contribution is -2.24. The topological polar surface area (TPSA) is 69.6 Å². The number of carbonyl (C=O) groups excluding carboxylic acids is 1. The highest BCUT2D eigenvalue weighted by atomic mass is 16.3. The Hall–Kier alpha value is -1.55. The summed E-state index contributed by atoms with van der Waals surface area (Å²) < 4.78 is 0. The molecular formula is C9H11NO3. The molecule has 4 nitrogen and oxygen atoms in total. The Kier molecular flexibility index (Phi) is 2.87.